The van der Waals surface area contributed by atoms with Gasteiger partial charge in [-0.15, -0.1) is 0 Å². The molecule has 0 saturated carbocycles. The first-order chi connectivity index (χ1) is 12.6. The van der Waals surface area contributed by atoms with Crippen molar-refractivity contribution in [2.45, 2.75) is 39.3 Å². The van der Waals surface area contributed by atoms with Gasteiger partial charge in [0, 0.05) is 54.9 Å². The molecular weight excluding hydrogens is 322 g/mol. The number of benzene rings is 1. The lowest BCUT2D eigenvalue weighted by molar-refractivity contribution is 0.284. The first-order valence-electron chi connectivity index (χ1n) is 9.48. The Kier molecular flexibility index (Phi) is 3.57. The largest absolute Gasteiger partial charge is 0.491 e. The molecule has 26 heavy (non-hydrogen) atoms. The zero-order valence-electron chi connectivity index (χ0n) is 15.7. The van der Waals surface area contributed by atoms with Gasteiger partial charge in [-0.2, -0.15) is 0 Å². The maximum Gasteiger partial charge on any atom is 0.143 e. The van der Waals surface area contributed by atoms with Crippen molar-refractivity contribution in [3.63, 3.8) is 0 Å². The number of aryl methyl sites for hydroxylation is 2. The van der Waals surface area contributed by atoms with E-state index in [9.17, 15) is 0 Å². The van der Waals surface area contributed by atoms with Gasteiger partial charge in [-0.05, 0) is 61.9 Å². The number of hydrogen-bond donors (Lipinski definition) is 0. The van der Waals surface area contributed by atoms with E-state index in [0.29, 0.717) is 5.92 Å². The van der Waals surface area contributed by atoms with Crippen LogP contribution >= 0.6 is 0 Å². The molecule has 4 nitrogen and oxygen atoms in total. The molecule has 1 aromatic carbocycles. The van der Waals surface area contributed by atoms with Gasteiger partial charge >= 0.3 is 0 Å². The molecule has 2 aliphatic rings. The molecule has 2 aromatic heterocycles. The van der Waals surface area contributed by atoms with Crippen molar-refractivity contribution >= 4 is 10.9 Å². The van der Waals surface area contributed by atoms with Gasteiger partial charge in [0.05, 0.1) is 12.1 Å². The predicted molar refractivity (Wildman–Crippen MR) is 104 cm³/mol. The second-order valence-electron chi connectivity index (χ2n) is 7.92. The fourth-order valence-electron chi connectivity index (χ4n) is 4.61. The van der Waals surface area contributed by atoms with E-state index >= 15 is 0 Å². The van der Waals surface area contributed by atoms with Crippen LogP contribution in [0.3, 0.4) is 0 Å². The first-order valence-corrected chi connectivity index (χ1v) is 9.48. The van der Waals surface area contributed by atoms with Crippen LogP contribution in [0.2, 0.25) is 0 Å². The number of hydrogen-bond acceptors (Lipinski definition) is 3. The zero-order chi connectivity index (χ0) is 17.8. The minimum atomic E-state index is 0.351. The maximum absolute atomic E-state index is 6.36. The third-order valence-corrected chi connectivity index (χ3v) is 5.88. The average Bonchev–Trinajstić information content (AvgIpc) is 2.78. The molecule has 0 fully saturated rings. The lowest BCUT2D eigenvalue weighted by Crippen LogP contribution is -2.28. The number of fused-ring (bicyclic) bond motifs is 3. The molecule has 3 aromatic rings. The molecule has 0 bridgehead atoms. The molecule has 0 amide bonds. The molecule has 0 spiro atoms. The Balaban J connectivity index is 1.69. The molecule has 0 aliphatic carbocycles. The number of pyridine rings is 1. The Morgan fingerprint density at radius 2 is 2.08 bits per heavy atom. The molecular formula is C22H25N3O. The Morgan fingerprint density at radius 1 is 1.19 bits per heavy atom. The third kappa shape index (κ3) is 2.43. The predicted octanol–water partition coefficient (Wildman–Crippen LogP) is 3.82. The Hall–Kier alpha value is -2.33. The van der Waals surface area contributed by atoms with Crippen LogP contribution < -0.4 is 4.74 Å². The summed E-state index contributed by atoms with van der Waals surface area (Å²) in [6.45, 7) is 8.08. The number of rotatable bonds is 1. The van der Waals surface area contributed by atoms with Gasteiger partial charge < -0.3 is 14.2 Å². The molecule has 4 heteroatoms. The van der Waals surface area contributed by atoms with Crippen LogP contribution in [0.5, 0.6) is 5.75 Å². The van der Waals surface area contributed by atoms with E-state index in [-0.39, 0.29) is 0 Å². The lowest BCUT2D eigenvalue weighted by atomic mass is 9.99. The molecule has 2 aliphatic heterocycles. The van der Waals surface area contributed by atoms with E-state index in [1.54, 1.807) is 0 Å². The van der Waals surface area contributed by atoms with Crippen molar-refractivity contribution in [2.75, 3.05) is 20.2 Å². The van der Waals surface area contributed by atoms with Crippen LogP contribution in [0.4, 0.5) is 0 Å². The van der Waals surface area contributed by atoms with Crippen LogP contribution in [0.1, 0.15) is 34.0 Å². The fraction of sp³-hybridized carbons (Fsp3) is 0.409. The van der Waals surface area contributed by atoms with E-state index in [0.717, 1.165) is 44.1 Å². The van der Waals surface area contributed by atoms with Crippen LogP contribution in [0.15, 0.2) is 30.5 Å². The molecule has 0 saturated heterocycles. The Bertz CT molecular complexity index is 1000. The highest BCUT2D eigenvalue weighted by Crippen LogP contribution is 2.40. The molecule has 0 radical (unpaired) electrons. The highest BCUT2D eigenvalue weighted by Gasteiger charge is 2.29. The zero-order valence-corrected chi connectivity index (χ0v) is 15.7. The summed E-state index contributed by atoms with van der Waals surface area (Å²) in [5.41, 5.74) is 7.97. The third-order valence-electron chi connectivity index (χ3n) is 5.88. The van der Waals surface area contributed by atoms with Gasteiger partial charge in [-0.25, -0.2) is 0 Å². The summed E-state index contributed by atoms with van der Waals surface area (Å²) in [7, 11) is 2.22. The second-order valence-corrected chi connectivity index (χ2v) is 7.92. The molecule has 1 atom stereocenters. The Labute approximate surface area is 154 Å². The Morgan fingerprint density at radius 3 is 2.92 bits per heavy atom. The summed E-state index contributed by atoms with van der Waals surface area (Å²) in [6, 6.07) is 8.89. The van der Waals surface area contributed by atoms with Crippen molar-refractivity contribution in [3.05, 3.63) is 58.5 Å². The highest BCUT2D eigenvalue weighted by atomic mass is 16.5. The lowest BCUT2D eigenvalue weighted by Gasteiger charge is -2.25. The molecule has 134 valence electrons. The SMILES string of the molecule is Cc1cc2c3c(c1)c1c(n3CC(c3ccnc(C)c3)CO2)CCN(C)C1. The number of likely N-dealkylation sites (N-methyl/N-ethyl adjacent to an activating group) is 1. The number of nitrogens with zero attached hydrogens (tertiary/aromatic N) is 3. The number of aromatic nitrogens is 2. The summed E-state index contributed by atoms with van der Waals surface area (Å²) in [5.74, 6) is 1.40. The van der Waals surface area contributed by atoms with Gasteiger partial charge in [0.2, 0.25) is 0 Å². The first kappa shape index (κ1) is 15.9. The van der Waals surface area contributed by atoms with Crippen LogP contribution in [0, 0.1) is 13.8 Å². The smallest absolute Gasteiger partial charge is 0.143 e. The van der Waals surface area contributed by atoms with E-state index in [2.05, 4.69) is 59.6 Å². The standard InChI is InChI=1S/C22H25N3O/c1-14-8-18-19-12-24(3)7-5-20(19)25-11-17(13-26-21(9-14)22(18)25)16-4-6-23-15(2)10-16/h4,6,8-10,17H,5,7,11-13H2,1-3H3. The van der Waals surface area contributed by atoms with Gasteiger partial charge in [0.25, 0.3) is 0 Å². The summed E-state index contributed by atoms with van der Waals surface area (Å²) < 4.78 is 8.91. The van der Waals surface area contributed by atoms with E-state index < -0.39 is 0 Å². The quantitative estimate of drug-likeness (QED) is 0.670. The maximum atomic E-state index is 6.36. The fourth-order valence-corrected chi connectivity index (χ4v) is 4.61. The number of ether oxygens (including phenoxy) is 1. The minimum Gasteiger partial charge on any atom is -0.491 e. The van der Waals surface area contributed by atoms with Crippen LogP contribution in [0.25, 0.3) is 10.9 Å². The normalized spacial score (nSPS) is 19.9. The molecule has 0 N–H and O–H groups in total. The van der Waals surface area contributed by atoms with E-state index in [1.165, 1.54) is 33.3 Å². The van der Waals surface area contributed by atoms with Crippen molar-refractivity contribution in [1.29, 1.82) is 0 Å². The second kappa shape index (κ2) is 5.85. The van der Waals surface area contributed by atoms with Crippen molar-refractivity contribution in [3.8, 4) is 5.75 Å². The summed E-state index contributed by atoms with van der Waals surface area (Å²) in [4.78, 5) is 6.78. The van der Waals surface area contributed by atoms with Crippen LogP contribution in [-0.4, -0.2) is 34.7 Å². The molecule has 1 unspecified atom stereocenters. The average molecular weight is 347 g/mol. The summed E-state index contributed by atoms with van der Waals surface area (Å²) >= 11 is 0. The van der Waals surface area contributed by atoms with E-state index in [4.69, 9.17) is 4.74 Å². The van der Waals surface area contributed by atoms with Gasteiger partial charge in [0.15, 0.2) is 0 Å². The summed E-state index contributed by atoms with van der Waals surface area (Å²) in [6.07, 6.45) is 3.03. The monoisotopic (exact) mass is 347 g/mol. The topological polar surface area (TPSA) is 30.3 Å². The molecule has 4 heterocycles. The van der Waals surface area contributed by atoms with Crippen molar-refractivity contribution < 1.29 is 4.74 Å². The van der Waals surface area contributed by atoms with Gasteiger partial charge in [0.1, 0.15) is 5.75 Å². The minimum absolute atomic E-state index is 0.351. The van der Waals surface area contributed by atoms with Gasteiger partial charge in [-0.3, -0.25) is 4.98 Å². The van der Waals surface area contributed by atoms with Crippen molar-refractivity contribution in [2.24, 2.45) is 0 Å². The van der Waals surface area contributed by atoms with Crippen molar-refractivity contribution in [1.82, 2.24) is 14.5 Å². The highest BCUT2D eigenvalue weighted by molar-refractivity contribution is 5.91. The summed E-state index contributed by atoms with van der Waals surface area (Å²) in [5, 5.41) is 1.38. The van der Waals surface area contributed by atoms with E-state index in [1.807, 2.05) is 6.20 Å². The van der Waals surface area contributed by atoms with Crippen LogP contribution in [-0.2, 0) is 19.5 Å². The van der Waals surface area contributed by atoms with Gasteiger partial charge in [-0.1, -0.05) is 0 Å². The molecule has 5 rings (SSSR count).